The predicted molar refractivity (Wildman–Crippen MR) is 74.0 cm³/mol. The molecular weight excluding hydrogens is 394 g/mol. The smallest absolute Gasteiger partial charge is 0.545 e. The van der Waals surface area contributed by atoms with Crippen LogP contribution in [0.15, 0.2) is 36.4 Å². The number of aromatic carboxylic acids is 1. The fourth-order valence-electron chi connectivity index (χ4n) is 1.79. The van der Waals surface area contributed by atoms with E-state index >= 15 is 0 Å². The number of benzene rings is 2. The third-order valence-corrected chi connectivity index (χ3v) is 3.17. The normalized spacial score (nSPS) is 10.7. The zero-order valence-electron chi connectivity index (χ0n) is 12.5. The van der Waals surface area contributed by atoms with Crippen molar-refractivity contribution in [2.24, 2.45) is 0 Å². The van der Waals surface area contributed by atoms with E-state index in [4.69, 9.17) is 16.3 Å². The Kier molecular flexibility index (Phi) is 7.41. The summed E-state index contributed by atoms with van der Waals surface area (Å²) in [5.74, 6) is -2.14. The summed E-state index contributed by atoms with van der Waals surface area (Å²) in [6.45, 7) is 0. The summed E-state index contributed by atoms with van der Waals surface area (Å²) in [5.41, 5.74) is -2.43. The van der Waals surface area contributed by atoms with Crippen molar-refractivity contribution < 1.29 is 84.1 Å². The molecule has 0 heterocycles. The Morgan fingerprint density at radius 1 is 1.16 bits per heavy atom. The maximum atomic E-state index is 12.6. The predicted octanol–water partition coefficient (Wildman–Crippen LogP) is 0.427. The van der Waals surface area contributed by atoms with E-state index in [-0.39, 0.29) is 67.9 Å². The number of nitro benzene ring substituents is 1. The van der Waals surface area contributed by atoms with Gasteiger partial charge in [-0.3, -0.25) is 10.1 Å². The van der Waals surface area contributed by atoms with E-state index in [1.54, 1.807) is 0 Å². The molecule has 0 saturated heterocycles. The molecule has 0 amide bonds. The summed E-state index contributed by atoms with van der Waals surface area (Å²) in [7, 11) is 0. The van der Waals surface area contributed by atoms with E-state index in [2.05, 4.69) is 0 Å². The van der Waals surface area contributed by atoms with Crippen LogP contribution in [0.4, 0.5) is 18.9 Å². The molecule has 0 aromatic heterocycles. The number of rotatable bonds is 4. The number of hydrogen-bond acceptors (Lipinski definition) is 5. The van der Waals surface area contributed by atoms with Gasteiger partial charge >= 0.3 is 57.6 Å². The molecule has 0 atom stereocenters. The summed E-state index contributed by atoms with van der Waals surface area (Å²) in [5, 5.41) is 21.3. The van der Waals surface area contributed by atoms with Crippen molar-refractivity contribution in [3.63, 3.8) is 0 Å². The Balaban J connectivity index is 0.00000312. The van der Waals surface area contributed by atoms with Crippen molar-refractivity contribution in [3.8, 4) is 11.5 Å². The zero-order valence-corrected chi connectivity index (χ0v) is 16.3. The maximum absolute atomic E-state index is 12.6. The number of nitro groups is 1. The third kappa shape index (κ3) is 5.40. The van der Waals surface area contributed by atoms with Crippen LogP contribution in [0.1, 0.15) is 15.9 Å². The first-order valence-electron chi connectivity index (χ1n) is 6.14. The second kappa shape index (κ2) is 8.47. The third-order valence-electron chi connectivity index (χ3n) is 2.87. The molecule has 126 valence electrons. The van der Waals surface area contributed by atoms with Gasteiger partial charge in [-0.05, 0) is 30.3 Å². The van der Waals surface area contributed by atoms with Gasteiger partial charge in [0.2, 0.25) is 0 Å². The van der Waals surface area contributed by atoms with Crippen LogP contribution in [-0.4, -0.2) is 10.9 Å². The molecule has 0 fully saturated rings. The van der Waals surface area contributed by atoms with Gasteiger partial charge in [0.1, 0.15) is 11.5 Å². The number of carbonyl (C=O) groups excluding carboxylic acids is 1. The number of carbonyl (C=O) groups is 1. The second-order valence-corrected chi connectivity index (χ2v) is 4.88. The summed E-state index contributed by atoms with van der Waals surface area (Å²) in [4.78, 5) is 20.7. The van der Waals surface area contributed by atoms with Crippen LogP contribution in [0.3, 0.4) is 0 Å². The van der Waals surface area contributed by atoms with Gasteiger partial charge in [-0.2, -0.15) is 13.2 Å². The number of carboxylic acids is 1. The van der Waals surface area contributed by atoms with E-state index in [1.165, 1.54) is 0 Å². The van der Waals surface area contributed by atoms with Crippen LogP contribution in [0, 0.1) is 10.1 Å². The first-order chi connectivity index (χ1) is 11.1. The van der Waals surface area contributed by atoms with Crippen LogP contribution < -0.4 is 61.2 Å². The molecule has 0 saturated carbocycles. The van der Waals surface area contributed by atoms with Crippen molar-refractivity contribution in [1.29, 1.82) is 0 Å². The van der Waals surface area contributed by atoms with Crippen molar-refractivity contribution in [3.05, 3.63) is 62.7 Å². The minimum atomic E-state index is -4.59. The summed E-state index contributed by atoms with van der Waals surface area (Å²) in [6.07, 6.45) is -4.59. The number of ether oxygens (including phenoxy) is 1. The second-order valence-electron chi connectivity index (χ2n) is 4.47. The van der Waals surface area contributed by atoms with Crippen LogP contribution in [0.2, 0.25) is 5.02 Å². The minimum absolute atomic E-state index is 0. The quantitative estimate of drug-likeness (QED) is 0.422. The molecule has 0 spiro atoms. The molecule has 2 aromatic carbocycles. The van der Waals surface area contributed by atoms with Gasteiger partial charge in [-0.1, -0.05) is 11.6 Å². The zero-order chi connectivity index (χ0) is 18.1. The molecule has 0 radical (unpaired) electrons. The van der Waals surface area contributed by atoms with Crippen molar-refractivity contribution in [1.82, 2.24) is 0 Å². The van der Waals surface area contributed by atoms with E-state index < -0.39 is 33.9 Å². The topological polar surface area (TPSA) is 92.5 Å². The van der Waals surface area contributed by atoms with E-state index in [0.717, 1.165) is 30.3 Å². The van der Waals surface area contributed by atoms with Gasteiger partial charge in [0.05, 0.1) is 27.0 Å². The monoisotopic (exact) mass is 399 g/mol. The average Bonchev–Trinajstić information content (AvgIpc) is 2.47. The molecular formula is C14H6ClF3KNO5. The number of halogens is 4. The molecule has 2 rings (SSSR count). The molecule has 6 nitrogen and oxygen atoms in total. The van der Waals surface area contributed by atoms with E-state index in [1.807, 2.05) is 0 Å². The Morgan fingerprint density at radius 3 is 2.28 bits per heavy atom. The Bertz CT molecular complexity index is 829. The first-order valence-corrected chi connectivity index (χ1v) is 6.52. The molecule has 0 aliphatic rings. The number of hydrogen-bond donors (Lipinski definition) is 0. The van der Waals surface area contributed by atoms with Gasteiger partial charge in [0, 0.05) is 6.07 Å². The van der Waals surface area contributed by atoms with Crippen molar-refractivity contribution in [2.45, 2.75) is 6.18 Å². The number of nitrogens with zero attached hydrogens (tertiary/aromatic N) is 1. The number of alkyl halides is 3. The standard InChI is InChI=1S/C14H7ClF3NO5.K/c15-10-5-7(14(16,17)18)1-4-12(10)24-8-2-3-11(19(22)23)9(6-8)13(20)21;/h1-6H,(H,20,21);/q;+1/p-1. The summed E-state index contributed by atoms with van der Waals surface area (Å²) in [6, 6.07) is 5.10. The largest absolute Gasteiger partial charge is 1.00 e. The fourth-order valence-corrected chi connectivity index (χ4v) is 2.01. The van der Waals surface area contributed by atoms with Crippen LogP contribution in [0.25, 0.3) is 0 Å². The van der Waals surface area contributed by atoms with Gasteiger partial charge < -0.3 is 14.6 Å². The average molecular weight is 400 g/mol. The molecule has 0 unspecified atom stereocenters. The SMILES string of the molecule is O=C([O-])c1cc(Oc2ccc(C(F)(F)F)cc2Cl)ccc1[N+](=O)[O-].[K+]. The van der Waals surface area contributed by atoms with Gasteiger partial charge in [0.25, 0.3) is 5.69 Å². The fraction of sp³-hybridized carbons (Fsp3) is 0.0714. The molecule has 2 aromatic rings. The van der Waals surface area contributed by atoms with E-state index in [0.29, 0.717) is 6.07 Å². The Hall–Kier alpha value is -1.17. The molecule has 0 aliphatic heterocycles. The molecule has 0 aliphatic carbocycles. The van der Waals surface area contributed by atoms with E-state index in [9.17, 15) is 33.2 Å². The van der Waals surface area contributed by atoms with Crippen molar-refractivity contribution in [2.75, 3.05) is 0 Å². The Labute approximate surface area is 186 Å². The van der Waals surface area contributed by atoms with Gasteiger partial charge in [-0.25, -0.2) is 0 Å². The molecule has 0 N–H and O–H groups in total. The molecule has 11 heteroatoms. The van der Waals surface area contributed by atoms with Crippen LogP contribution in [0.5, 0.6) is 11.5 Å². The minimum Gasteiger partial charge on any atom is -0.545 e. The molecule has 0 bridgehead atoms. The van der Waals surface area contributed by atoms with Crippen molar-refractivity contribution >= 4 is 23.3 Å². The Morgan fingerprint density at radius 2 is 1.80 bits per heavy atom. The maximum Gasteiger partial charge on any atom is 1.00 e. The van der Waals surface area contributed by atoms with Gasteiger partial charge in [0.15, 0.2) is 0 Å². The molecule has 25 heavy (non-hydrogen) atoms. The summed E-state index contributed by atoms with van der Waals surface area (Å²) >= 11 is 5.71. The number of carboxylic acid groups (broad SMARTS) is 1. The van der Waals surface area contributed by atoms with Gasteiger partial charge in [-0.15, -0.1) is 0 Å². The van der Waals surface area contributed by atoms with Crippen LogP contribution >= 0.6 is 11.6 Å². The van der Waals surface area contributed by atoms with Crippen LogP contribution in [-0.2, 0) is 6.18 Å². The summed E-state index contributed by atoms with van der Waals surface area (Å²) < 4.78 is 42.8. The first kappa shape index (κ1) is 21.9.